The molecule has 1 aliphatic carbocycles. The standard InChI is InChI=1S/C13H23N5O2/c1-8(2)11-12(18(19)20)13(17(3)16-11)15-10-6-4-5-9(10)7-14/h8-10,15H,4-7,14H2,1-3H3. The van der Waals surface area contributed by atoms with Crippen LogP contribution in [0.15, 0.2) is 0 Å². The molecule has 0 amide bonds. The number of nitrogens with two attached hydrogens (primary N) is 1. The van der Waals surface area contributed by atoms with Crippen molar-refractivity contribution in [1.29, 1.82) is 0 Å². The maximum absolute atomic E-state index is 11.4. The maximum Gasteiger partial charge on any atom is 0.334 e. The van der Waals surface area contributed by atoms with Gasteiger partial charge in [-0.15, -0.1) is 0 Å². The molecule has 1 aliphatic rings. The number of hydrogen-bond donors (Lipinski definition) is 2. The van der Waals surface area contributed by atoms with Crippen LogP contribution in [-0.4, -0.2) is 27.3 Å². The molecule has 20 heavy (non-hydrogen) atoms. The summed E-state index contributed by atoms with van der Waals surface area (Å²) in [6, 6.07) is 0.203. The summed E-state index contributed by atoms with van der Waals surface area (Å²) in [5.74, 6) is 0.905. The lowest BCUT2D eigenvalue weighted by Gasteiger charge is -2.20. The first-order chi connectivity index (χ1) is 9.45. The fourth-order valence-electron chi connectivity index (χ4n) is 2.95. The zero-order valence-electron chi connectivity index (χ0n) is 12.3. The normalized spacial score (nSPS) is 22.4. The van der Waals surface area contributed by atoms with Crippen molar-refractivity contribution < 1.29 is 4.92 Å². The zero-order valence-corrected chi connectivity index (χ0v) is 12.3. The lowest BCUT2D eigenvalue weighted by molar-refractivity contribution is -0.384. The molecule has 2 unspecified atom stereocenters. The van der Waals surface area contributed by atoms with Crippen LogP contribution in [0.25, 0.3) is 0 Å². The Bertz CT molecular complexity index is 497. The van der Waals surface area contributed by atoms with Crippen LogP contribution in [0.1, 0.15) is 44.7 Å². The smallest absolute Gasteiger partial charge is 0.334 e. The molecule has 7 heteroatoms. The number of nitrogens with zero attached hydrogens (tertiary/aromatic N) is 3. The van der Waals surface area contributed by atoms with Crippen LogP contribution in [0.5, 0.6) is 0 Å². The molecule has 0 radical (unpaired) electrons. The Morgan fingerprint density at radius 1 is 1.55 bits per heavy atom. The van der Waals surface area contributed by atoms with Gasteiger partial charge < -0.3 is 11.1 Å². The molecule has 0 spiro atoms. The minimum absolute atomic E-state index is 0.0195. The number of rotatable bonds is 5. The van der Waals surface area contributed by atoms with Gasteiger partial charge in [0.15, 0.2) is 0 Å². The van der Waals surface area contributed by atoms with Crippen molar-refractivity contribution in [3.05, 3.63) is 15.8 Å². The molecule has 2 atom stereocenters. The van der Waals surface area contributed by atoms with E-state index in [2.05, 4.69) is 10.4 Å². The van der Waals surface area contributed by atoms with Crippen LogP contribution in [0.2, 0.25) is 0 Å². The summed E-state index contributed by atoms with van der Waals surface area (Å²) in [5, 5.41) is 19.0. The molecular formula is C13H23N5O2. The van der Waals surface area contributed by atoms with Crippen molar-refractivity contribution >= 4 is 11.5 Å². The van der Waals surface area contributed by atoms with E-state index in [9.17, 15) is 10.1 Å². The maximum atomic E-state index is 11.4. The Morgan fingerprint density at radius 2 is 2.25 bits per heavy atom. The van der Waals surface area contributed by atoms with Gasteiger partial charge in [0.05, 0.1) is 4.92 Å². The third kappa shape index (κ3) is 2.63. The van der Waals surface area contributed by atoms with Crippen molar-refractivity contribution in [3.63, 3.8) is 0 Å². The fraction of sp³-hybridized carbons (Fsp3) is 0.769. The summed E-state index contributed by atoms with van der Waals surface area (Å²) in [6.07, 6.45) is 3.19. The first-order valence-electron chi connectivity index (χ1n) is 7.13. The molecule has 2 rings (SSSR count). The van der Waals surface area contributed by atoms with E-state index in [0.717, 1.165) is 19.3 Å². The average molecular weight is 281 g/mol. The van der Waals surface area contributed by atoms with Crippen LogP contribution in [0, 0.1) is 16.0 Å². The molecule has 112 valence electrons. The van der Waals surface area contributed by atoms with Gasteiger partial charge in [-0.3, -0.25) is 10.1 Å². The quantitative estimate of drug-likeness (QED) is 0.635. The second-order valence-corrected chi connectivity index (χ2v) is 5.80. The highest BCUT2D eigenvalue weighted by molar-refractivity contribution is 5.61. The van der Waals surface area contributed by atoms with Crippen molar-refractivity contribution in [2.24, 2.45) is 18.7 Å². The Morgan fingerprint density at radius 3 is 2.80 bits per heavy atom. The van der Waals surface area contributed by atoms with Gasteiger partial charge in [0, 0.05) is 19.0 Å². The lowest BCUT2D eigenvalue weighted by Crippen LogP contribution is -2.30. The minimum Gasteiger partial charge on any atom is -0.361 e. The number of aryl methyl sites for hydroxylation is 1. The van der Waals surface area contributed by atoms with Gasteiger partial charge in [-0.25, -0.2) is 4.68 Å². The molecular weight excluding hydrogens is 258 g/mol. The van der Waals surface area contributed by atoms with Crippen LogP contribution < -0.4 is 11.1 Å². The Hall–Kier alpha value is -1.63. The fourth-order valence-corrected chi connectivity index (χ4v) is 2.95. The molecule has 7 nitrogen and oxygen atoms in total. The van der Waals surface area contributed by atoms with E-state index in [0.29, 0.717) is 24.0 Å². The van der Waals surface area contributed by atoms with E-state index >= 15 is 0 Å². The Kier molecular flexibility index (Phi) is 4.27. The number of nitro groups is 1. The molecule has 0 bridgehead atoms. The predicted molar refractivity (Wildman–Crippen MR) is 77.8 cm³/mol. The number of hydrogen-bond acceptors (Lipinski definition) is 5. The molecule has 1 aromatic rings. The van der Waals surface area contributed by atoms with Crippen molar-refractivity contribution in [1.82, 2.24) is 9.78 Å². The lowest BCUT2D eigenvalue weighted by atomic mass is 10.0. The average Bonchev–Trinajstić information content (AvgIpc) is 2.95. The van der Waals surface area contributed by atoms with Gasteiger partial charge in [-0.1, -0.05) is 20.3 Å². The first-order valence-corrected chi connectivity index (χ1v) is 7.13. The molecule has 3 N–H and O–H groups in total. The molecule has 0 saturated heterocycles. The van der Waals surface area contributed by atoms with E-state index in [4.69, 9.17) is 5.73 Å². The largest absolute Gasteiger partial charge is 0.361 e. The summed E-state index contributed by atoms with van der Waals surface area (Å²) < 4.78 is 1.58. The van der Waals surface area contributed by atoms with Crippen LogP contribution in [-0.2, 0) is 7.05 Å². The van der Waals surface area contributed by atoms with Crippen LogP contribution >= 0.6 is 0 Å². The second kappa shape index (κ2) is 5.78. The van der Waals surface area contributed by atoms with E-state index < -0.39 is 0 Å². The molecule has 1 fully saturated rings. The van der Waals surface area contributed by atoms with Crippen molar-refractivity contribution in [2.45, 2.75) is 45.1 Å². The molecule has 1 saturated carbocycles. The third-order valence-corrected chi connectivity index (χ3v) is 4.06. The Balaban J connectivity index is 2.33. The van der Waals surface area contributed by atoms with Gasteiger partial charge in [0.25, 0.3) is 0 Å². The van der Waals surface area contributed by atoms with Gasteiger partial charge >= 0.3 is 5.69 Å². The third-order valence-electron chi connectivity index (χ3n) is 4.06. The van der Waals surface area contributed by atoms with Crippen LogP contribution in [0.4, 0.5) is 11.5 Å². The molecule has 0 aliphatic heterocycles. The number of anilines is 1. The van der Waals surface area contributed by atoms with Gasteiger partial charge in [0.1, 0.15) is 5.69 Å². The van der Waals surface area contributed by atoms with E-state index in [1.165, 1.54) is 0 Å². The number of nitrogens with one attached hydrogen (secondary N) is 1. The van der Waals surface area contributed by atoms with E-state index in [1.54, 1.807) is 11.7 Å². The van der Waals surface area contributed by atoms with E-state index in [1.807, 2.05) is 13.8 Å². The highest BCUT2D eigenvalue weighted by Crippen LogP contribution is 2.36. The second-order valence-electron chi connectivity index (χ2n) is 5.80. The van der Waals surface area contributed by atoms with Crippen LogP contribution in [0.3, 0.4) is 0 Å². The summed E-state index contributed by atoms with van der Waals surface area (Å²) in [4.78, 5) is 11.0. The van der Waals surface area contributed by atoms with Crippen molar-refractivity contribution in [3.8, 4) is 0 Å². The summed E-state index contributed by atoms with van der Waals surface area (Å²) >= 11 is 0. The van der Waals surface area contributed by atoms with Gasteiger partial charge in [0.2, 0.25) is 5.82 Å². The molecule has 1 heterocycles. The minimum atomic E-state index is -0.336. The monoisotopic (exact) mass is 281 g/mol. The predicted octanol–water partition coefficient (Wildman–Crippen LogP) is 1.99. The topological polar surface area (TPSA) is 99.0 Å². The SMILES string of the molecule is CC(C)c1nn(C)c(NC2CCCC2CN)c1[N+](=O)[O-]. The summed E-state index contributed by atoms with van der Waals surface area (Å²) in [7, 11) is 1.74. The zero-order chi connectivity index (χ0) is 14.9. The van der Waals surface area contributed by atoms with Crippen molar-refractivity contribution in [2.75, 3.05) is 11.9 Å². The summed E-state index contributed by atoms with van der Waals surface area (Å²) in [5.41, 5.74) is 6.40. The van der Waals surface area contributed by atoms with E-state index in [-0.39, 0.29) is 22.6 Å². The highest BCUT2D eigenvalue weighted by atomic mass is 16.6. The molecule has 1 aromatic heterocycles. The Labute approximate surface area is 118 Å². The summed E-state index contributed by atoms with van der Waals surface area (Å²) in [6.45, 7) is 4.44. The van der Waals surface area contributed by atoms with Gasteiger partial charge in [-0.2, -0.15) is 5.10 Å². The first kappa shape index (κ1) is 14.8. The van der Waals surface area contributed by atoms with Gasteiger partial charge in [-0.05, 0) is 25.3 Å². The highest BCUT2D eigenvalue weighted by Gasteiger charge is 2.33. The molecule has 0 aromatic carbocycles. The number of aromatic nitrogens is 2.